The fourth-order valence-electron chi connectivity index (χ4n) is 9.46. The molecule has 0 aliphatic carbocycles. The first-order valence-electron chi connectivity index (χ1n) is 21.1. The zero-order valence-electron chi connectivity index (χ0n) is 37.6. The second kappa shape index (κ2) is 19.3. The van der Waals surface area contributed by atoms with Crippen molar-refractivity contribution in [3.8, 4) is 0 Å². The van der Waals surface area contributed by atoms with E-state index in [-0.39, 0.29) is 54.0 Å². The minimum absolute atomic E-state index is 0.00187. The van der Waals surface area contributed by atoms with Crippen molar-refractivity contribution in [2.24, 2.45) is 0 Å². The van der Waals surface area contributed by atoms with Crippen molar-refractivity contribution < 1.29 is 84.1 Å². The Morgan fingerprint density at radius 1 is 0.725 bits per heavy atom. The molecule has 6 rings (SSSR count). The standard InChI is InChI=1S/C44H50N2O18S5/c1-43(2)38(45(20-10-6-9-14-40(47)48)34-17-15-30-32(41(34)43)24-28(66(52,53)54)26-36(30)68(58,59)60)12-7-5-8-13-39-44(3,19-11-23-65(49,50)51)42-33-25-29(67(55,56)57)27-37(69(61,62)63)31(33)16-18-35(42)46(39)21-22-64-4/h5,7-8,12-13,15-18,24-27H,6,9-11,14,19-23H2,1-4H3,(H5-,47,48,49,50,51,52,53,54,55,56,57,58,59,60,61,62,63). The van der Waals surface area contributed by atoms with Crippen molar-refractivity contribution in [1.29, 1.82) is 0 Å². The van der Waals surface area contributed by atoms with Crippen LogP contribution in [-0.2, 0) is 71.0 Å². The van der Waals surface area contributed by atoms with Crippen LogP contribution in [0.25, 0.3) is 21.5 Å². The lowest BCUT2D eigenvalue weighted by molar-refractivity contribution is -0.438. The van der Waals surface area contributed by atoms with Gasteiger partial charge in [-0.25, -0.2) is 8.42 Å². The highest BCUT2D eigenvalue weighted by molar-refractivity contribution is 7.87. The maximum Gasteiger partial charge on any atom is 0.303 e. The molecule has 2 aliphatic rings. The van der Waals surface area contributed by atoms with Gasteiger partial charge in [0.15, 0.2) is 5.71 Å². The van der Waals surface area contributed by atoms with E-state index in [0.717, 1.165) is 12.1 Å². The Labute approximate surface area is 400 Å². The Balaban J connectivity index is 1.52. The fourth-order valence-corrected chi connectivity index (χ4v) is 12.6. The van der Waals surface area contributed by atoms with Crippen LogP contribution in [0.15, 0.2) is 104 Å². The van der Waals surface area contributed by atoms with E-state index in [1.165, 1.54) is 19.2 Å². The lowest BCUT2D eigenvalue weighted by atomic mass is 9.75. The number of allylic oxidation sites excluding steroid dienone is 6. The number of ether oxygens (including phenoxy) is 1. The molecule has 2 heterocycles. The van der Waals surface area contributed by atoms with E-state index < -0.39 is 92.7 Å². The Morgan fingerprint density at radius 2 is 1.32 bits per heavy atom. The highest BCUT2D eigenvalue weighted by Gasteiger charge is 2.47. The van der Waals surface area contributed by atoms with Crippen LogP contribution in [0.1, 0.15) is 70.4 Å². The molecule has 25 heteroatoms. The smallest absolute Gasteiger partial charge is 0.303 e. The van der Waals surface area contributed by atoms with Gasteiger partial charge in [-0.2, -0.15) is 38.2 Å². The van der Waals surface area contributed by atoms with Gasteiger partial charge in [0.25, 0.3) is 40.5 Å². The topological polar surface area (TPSA) is 327 Å². The van der Waals surface area contributed by atoms with Crippen LogP contribution in [0.5, 0.6) is 0 Å². The minimum Gasteiger partial charge on any atom is -0.744 e. The number of unbranched alkanes of at least 4 members (excludes halogenated alkanes) is 2. The van der Waals surface area contributed by atoms with Gasteiger partial charge in [-0.15, -0.1) is 0 Å². The average Bonchev–Trinajstić information content (AvgIpc) is 3.58. The van der Waals surface area contributed by atoms with Crippen molar-refractivity contribution >= 4 is 95.2 Å². The predicted octanol–water partition coefficient (Wildman–Crippen LogP) is 5.75. The van der Waals surface area contributed by atoms with Gasteiger partial charge in [-0.1, -0.05) is 24.3 Å². The van der Waals surface area contributed by atoms with E-state index >= 15 is 0 Å². The molecule has 0 aromatic heterocycles. The molecule has 20 nitrogen and oxygen atoms in total. The van der Waals surface area contributed by atoms with Gasteiger partial charge < -0.3 is 19.3 Å². The van der Waals surface area contributed by atoms with E-state index in [1.807, 2.05) is 4.58 Å². The average molecular weight is 1060 g/mol. The number of carboxylic acids is 1. The molecule has 4 aromatic rings. The summed E-state index contributed by atoms with van der Waals surface area (Å²) in [4.78, 5) is 9.71. The van der Waals surface area contributed by atoms with E-state index in [9.17, 15) is 74.8 Å². The number of nitrogens with zero attached hydrogens (tertiary/aromatic N) is 2. The lowest BCUT2D eigenvalue weighted by Gasteiger charge is -2.30. The Kier molecular flexibility index (Phi) is 15.0. The van der Waals surface area contributed by atoms with Crippen LogP contribution in [-0.4, -0.2) is 119 Å². The molecular weight excluding hydrogens is 1000 g/mol. The van der Waals surface area contributed by atoms with Gasteiger partial charge in [0, 0.05) is 71.8 Å². The summed E-state index contributed by atoms with van der Waals surface area (Å²) >= 11 is 0. The van der Waals surface area contributed by atoms with Crippen molar-refractivity contribution in [1.82, 2.24) is 0 Å². The summed E-state index contributed by atoms with van der Waals surface area (Å²) in [5.41, 5.74) is 0.482. The highest BCUT2D eigenvalue weighted by Crippen LogP contribution is 2.54. The van der Waals surface area contributed by atoms with Gasteiger partial charge >= 0.3 is 5.97 Å². The summed E-state index contributed by atoms with van der Waals surface area (Å²) in [6.45, 7) is 5.90. The fraction of sp³-hybridized carbons (Fsp3) is 0.364. The zero-order chi connectivity index (χ0) is 51.3. The molecule has 2 aliphatic heterocycles. The summed E-state index contributed by atoms with van der Waals surface area (Å²) in [6.07, 6.45) is 9.53. The van der Waals surface area contributed by atoms with Crippen LogP contribution in [0.2, 0.25) is 0 Å². The zero-order valence-corrected chi connectivity index (χ0v) is 41.6. The maximum absolute atomic E-state index is 12.7. The summed E-state index contributed by atoms with van der Waals surface area (Å²) < 4.78 is 184. The van der Waals surface area contributed by atoms with Crippen LogP contribution < -0.4 is 4.90 Å². The van der Waals surface area contributed by atoms with Crippen LogP contribution in [0.3, 0.4) is 0 Å². The largest absolute Gasteiger partial charge is 0.744 e. The molecule has 0 saturated carbocycles. The Morgan fingerprint density at radius 3 is 1.88 bits per heavy atom. The predicted molar refractivity (Wildman–Crippen MR) is 253 cm³/mol. The van der Waals surface area contributed by atoms with Crippen LogP contribution in [0, 0.1) is 0 Å². The summed E-state index contributed by atoms with van der Waals surface area (Å²) in [6, 6.07) is 9.25. The van der Waals surface area contributed by atoms with E-state index in [0.29, 0.717) is 71.9 Å². The quantitative estimate of drug-likeness (QED) is 0.0304. The summed E-state index contributed by atoms with van der Waals surface area (Å²) in [5.74, 6) is -1.63. The number of aliphatic carboxylic acids is 1. The molecule has 4 aromatic carbocycles. The molecular formula is C44H50N2O18S5. The SMILES string of the molecule is COCCN1C(=CC=CC=CC2=[N+](CCCCCC(=O)O)c3ccc4c(S(=O)(=O)[O-])cc(S(=O)(=O)O)cc4c3C2(C)C)C(C)(CCCS(=O)(=O)O)c2c1ccc1c(S(=O)(=O)O)cc(S(=O)(=O)O)cc21. The molecule has 0 amide bonds. The lowest BCUT2D eigenvalue weighted by Crippen LogP contribution is -2.31. The van der Waals surface area contributed by atoms with Crippen LogP contribution >= 0.6 is 0 Å². The summed E-state index contributed by atoms with van der Waals surface area (Å²) in [7, 11) is -23.4. The molecule has 1 atom stereocenters. The van der Waals surface area contributed by atoms with Gasteiger partial charge in [0.2, 0.25) is 5.69 Å². The van der Waals surface area contributed by atoms with Gasteiger partial charge in [-0.05, 0) is 105 Å². The molecule has 5 N–H and O–H groups in total. The number of fused-ring (bicyclic) bond motifs is 6. The second-order valence-corrected chi connectivity index (χ2v) is 24.5. The summed E-state index contributed by atoms with van der Waals surface area (Å²) in [5, 5.41) is 9.08. The van der Waals surface area contributed by atoms with Crippen molar-refractivity contribution in [3.05, 3.63) is 95.7 Å². The van der Waals surface area contributed by atoms with Crippen LogP contribution in [0.4, 0.5) is 11.4 Å². The van der Waals surface area contributed by atoms with E-state index in [4.69, 9.17) is 4.74 Å². The number of benzene rings is 4. The van der Waals surface area contributed by atoms with Gasteiger partial charge in [0.05, 0.1) is 32.5 Å². The van der Waals surface area contributed by atoms with Crippen molar-refractivity contribution in [2.75, 3.05) is 37.5 Å². The third kappa shape index (κ3) is 11.2. The Bertz CT molecular complexity index is 3490. The second-order valence-electron chi connectivity index (χ2n) is 17.4. The molecule has 0 radical (unpaired) electrons. The highest BCUT2D eigenvalue weighted by atomic mass is 32.2. The molecule has 0 fully saturated rings. The number of carboxylic acid groups (broad SMARTS) is 1. The molecule has 374 valence electrons. The first-order chi connectivity index (χ1) is 31.8. The number of anilines is 1. The minimum atomic E-state index is -5.26. The number of rotatable bonds is 20. The number of hydrogen-bond acceptors (Lipinski definition) is 14. The van der Waals surface area contributed by atoms with E-state index in [2.05, 4.69) is 0 Å². The van der Waals surface area contributed by atoms with Gasteiger partial charge in [-0.3, -0.25) is 23.0 Å². The third-order valence-corrected chi connectivity index (χ3v) is 16.6. The number of methoxy groups -OCH3 is 1. The maximum atomic E-state index is 12.7. The molecule has 0 saturated heterocycles. The number of hydrogen-bond donors (Lipinski definition) is 5. The van der Waals surface area contributed by atoms with Crippen molar-refractivity contribution in [3.63, 3.8) is 0 Å². The third-order valence-electron chi connectivity index (χ3n) is 12.4. The first kappa shape index (κ1) is 53.4. The monoisotopic (exact) mass is 1050 g/mol. The van der Waals surface area contributed by atoms with E-state index in [1.54, 1.807) is 68.2 Å². The normalized spacial score (nSPS) is 18.4. The molecule has 69 heavy (non-hydrogen) atoms. The molecule has 0 spiro atoms. The molecule has 0 bridgehead atoms. The van der Waals surface area contributed by atoms with Crippen molar-refractivity contribution in [2.45, 2.75) is 89.7 Å². The molecule has 1 unspecified atom stereocenters. The number of carbonyl (C=O) groups is 1. The van der Waals surface area contributed by atoms with Gasteiger partial charge in [0.1, 0.15) is 21.6 Å². The first-order valence-corrected chi connectivity index (χ1v) is 28.4. The Hall–Kier alpha value is -4.93.